The highest BCUT2D eigenvalue weighted by Gasteiger charge is 2.48. The standard InChI is InChI=1S/C14H13Cl2NO3/c15-10-5-7(6-11(16)12(10)18)17-13(19)8-3-1-2-4-9(8)14(17)20/h5-6,8-9,18H,1-4H2. The maximum absolute atomic E-state index is 12.4. The maximum atomic E-state index is 12.4. The van der Waals surface area contributed by atoms with Crippen molar-refractivity contribution in [1.29, 1.82) is 0 Å². The molecule has 1 N–H and O–H groups in total. The lowest BCUT2D eigenvalue weighted by Gasteiger charge is -2.19. The molecule has 2 unspecified atom stereocenters. The van der Waals surface area contributed by atoms with Gasteiger partial charge in [0.05, 0.1) is 27.6 Å². The number of rotatable bonds is 1. The van der Waals surface area contributed by atoms with E-state index in [0.29, 0.717) is 5.69 Å². The third-order valence-electron chi connectivity index (χ3n) is 4.10. The first kappa shape index (κ1) is 13.7. The molecule has 0 aromatic heterocycles. The van der Waals surface area contributed by atoms with Crippen molar-refractivity contribution in [2.24, 2.45) is 11.8 Å². The zero-order chi connectivity index (χ0) is 14.4. The SMILES string of the molecule is O=C1C2CCCCC2C(=O)N1c1cc(Cl)c(O)c(Cl)c1. The zero-order valence-corrected chi connectivity index (χ0v) is 12.1. The summed E-state index contributed by atoms with van der Waals surface area (Å²) in [5.41, 5.74) is 0.335. The Morgan fingerprint density at radius 2 is 1.45 bits per heavy atom. The van der Waals surface area contributed by atoms with Crippen LogP contribution in [0.25, 0.3) is 0 Å². The molecule has 1 aliphatic carbocycles. The molecule has 1 saturated carbocycles. The molecule has 106 valence electrons. The summed E-state index contributed by atoms with van der Waals surface area (Å²) in [6.45, 7) is 0. The second-order valence-electron chi connectivity index (χ2n) is 5.27. The lowest BCUT2D eigenvalue weighted by atomic mass is 9.81. The van der Waals surface area contributed by atoms with Gasteiger partial charge in [-0.3, -0.25) is 9.59 Å². The largest absolute Gasteiger partial charge is 0.505 e. The average molecular weight is 314 g/mol. The predicted molar refractivity (Wildman–Crippen MR) is 76.1 cm³/mol. The van der Waals surface area contributed by atoms with Gasteiger partial charge in [0.15, 0.2) is 5.75 Å². The molecule has 4 nitrogen and oxygen atoms in total. The van der Waals surface area contributed by atoms with Gasteiger partial charge in [-0.2, -0.15) is 0 Å². The van der Waals surface area contributed by atoms with Crippen LogP contribution < -0.4 is 4.90 Å². The van der Waals surface area contributed by atoms with Crippen molar-refractivity contribution < 1.29 is 14.7 Å². The normalized spacial score (nSPS) is 26.0. The van der Waals surface area contributed by atoms with E-state index in [1.807, 2.05) is 0 Å². The van der Waals surface area contributed by atoms with Gasteiger partial charge >= 0.3 is 0 Å². The van der Waals surface area contributed by atoms with Gasteiger partial charge in [0.25, 0.3) is 0 Å². The van der Waals surface area contributed by atoms with E-state index < -0.39 is 0 Å². The molecular weight excluding hydrogens is 301 g/mol. The Kier molecular flexibility index (Phi) is 3.38. The van der Waals surface area contributed by atoms with Crippen LogP contribution in [0, 0.1) is 11.8 Å². The van der Waals surface area contributed by atoms with Crippen molar-refractivity contribution in [3.8, 4) is 5.75 Å². The third kappa shape index (κ3) is 1.98. The molecule has 0 spiro atoms. The van der Waals surface area contributed by atoms with Crippen molar-refractivity contribution in [3.63, 3.8) is 0 Å². The molecule has 1 aromatic carbocycles. The van der Waals surface area contributed by atoms with Gasteiger partial charge in [0.1, 0.15) is 0 Å². The maximum Gasteiger partial charge on any atom is 0.237 e. The molecule has 1 heterocycles. The van der Waals surface area contributed by atoms with Crippen molar-refractivity contribution >= 4 is 40.7 Å². The number of anilines is 1. The molecule has 1 saturated heterocycles. The number of halogens is 2. The van der Waals surface area contributed by atoms with Crippen LogP contribution in [0.4, 0.5) is 5.69 Å². The minimum absolute atomic E-state index is 0.0305. The monoisotopic (exact) mass is 313 g/mol. The first-order valence-corrected chi connectivity index (χ1v) is 7.32. The lowest BCUT2D eigenvalue weighted by molar-refractivity contribution is -0.122. The molecule has 3 rings (SSSR count). The number of hydrogen-bond acceptors (Lipinski definition) is 3. The second kappa shape index (κ2) is 4.93. The van der Waals surface area contributed by atoms with Crippen LogP contribution in [-0.4, -0.2) is 16.9 Å². The Bertz CT molecular complexity index is 555. The Morgan fingerprint density at radius 3 is 1.90 bits per heavy atom. The molecule has 2 fully saturated rings. The molecular formula is C14H13Cl2NO3. The highest BCUT2D eigenvalue weighted by atomic mass is 35.5. The van der Waals surface area contributed by atoms with Crippen LogP contribution in [0.5, 0.6) is 5.75 Å². The molecule has 1 aliphatic heterocycles. The van der Waals surface area contributed by atoms with E-state index in [0.717, 1.165) is 30.6 Å². The number of phenolic OH excluding ortho intramolecular Hbond substituents is 1. The molecule has 2 atom stereocenters. The summed E-state index contributed by atoms with van der Waals surface area (Å²) in [5, 5.41) is 9.62. The predicted octanol–water partition coefficient (Wildman–Crippen LogP) is 3.38. The number of nitrogens with zero attached hydrogens (tertiary/aromatic N) is 1. The van der Waals surface area contributed by atoms with E-state index in [4.69, 9.17) is 23.2 Å². The molecule has 2 aliphatic rings. The molecule has 0 radical (unpaired) electrons. The summed E-state index contributed by atoms with van der Waals surface area (Å²) in [6.07, 6.45) is 3.47. The van der Waals surface area contributed by atoms with Gasteiger partial charge in [-0.25, -0.2) is 4.90 Å². The van der Waals surface area contributed by atoms with Crippen LogP contribution in [0.2, 0.25) is 10.0 Å². The number of hydrogen-bond donors (Lipinski definition) is 1. The molecule has 0 bridgehead atoms. The highest BCUT2D eigenvalue weighted by Crippen LogP contribution is 2.43. The van der Waals surface area contributed by atoms with Crippen molar-refractivity contribution in [2.75, 3.05) is 4.90 Å². The fourth-order valence-electron chi connectivity index (χ4n) is 3.10. The first-order valence-electron chi connectivity index (χ1n) is 6.56. The summed E-state index contributed by atoms with van der Waals surface area (Å²) < 4.78 is 0. The van der Waals surface area contributed by atoms with Gasteiger partial charge in [0.2, 0.25) is 11.8 Å². The third-order valence-corrected chi connectivity index (χ3v) is 4.68. The Hall–Kier alpha value is -1.26. The van der Waals surface area contributed by atoms with Crippen molar-refractivity contribution in [2.45, 2.75) is 25.7 Å². The molecule has 20 heavy (non-hydrogen) atoms. The van der Waals surface area contributed by atoms with Crippen molar-refractivity contribution in [1.82, 2.24) is 0 Å². The number of aromatic hydroxyl groups is 1. The van der Waals surface area contributed by atoms with E-state index in [2.05, 4.69) is 0 Å². The van der Waals surface area contributed by atoms with Gasteiger partial charge in [-0.1, -0.05) is 36.0 Å². The van der Waals surface area contributed by atoms with Crippen LogP contribution in [-0.2, 0) is 9.59 Å². The van der Waals surface area contributed by atoms with E-state index in [1.54, 1.807) is 0 Å². The average Bonchev–Trinajstić information content (AvgIpc) is 2.68. The van der Waals surface area contributed by atoms with Gasteiger partial charge in [-0.05, 0) is 25.0 Å². The number of amides is 2. The van der Waals surface area contributed by atoms with Crippen LogP contribution in [0.1, 0.15) is 25.7 Å². The van der Waals surface area contributed by atoms with E-state index in [9.17, 15) is 14.7 Å². The smallest absolute Gasteiger partial charge is 0.237 e. The lowest BCUT2D eigenvalue weighted by Crippen LogP contribution is -2.30. The van der Waals surface area contributed by atoms with E-state index in [-0.39, 0.29) is 39.4 Å². The fraction of sp³-hybridized carbons (Fsp3) is 0.429. The Morgan fingerprint density at radius 1 is 1.00 bits per heavy atom. The number of imide groups is 1. The topological polar surface area (TPSA) is 57.6 Å². The van der Waals surface area contributed by atoms with Crippen LogP contribution in [0.15, 0.2) is 12.1 Å². The number of fused-ring (bicyclic) bond motifs is 1. The summed E-state index contributed by atoms with van der Waals surface area (Å²) in [6, 6.07) is 2.80. The highest BCUT2D eigenvalue weighted by molar-refractivity contribution is 6.38. The van der Waals surface area contributed by atoms with E-state index >= 15 is 0 Å². The van der Waals surface area contributed by atoms with Crippen molar-refractivity contribution in [3.05, 3.63) is 22.2 Å². The van der Waals surface area contributed by atoms with Crippen LogP contribution in [0.3, 0.4) is 0 Å². The first-order chi connectivity index (χ1) is 9.50. The minimum Gasteiger partial charge on any atom is -0.505 e. The number of carbonyl (C=O) groups is 2. The molecule has 6 heteroatoms. The van der Waals surface area contributed by atoms with Gasteiger partial charge < -0.3 is 5.11 Å². The summed E-state index contributed by atoms with van der Waals surface area (Å²) in [7, 11) is 0. The number of benzene rings is 1. The quantitative estimate of drug-likeness (QED) is 0.809. The summed E-state index contributed by atoms with van der Waals surface area (Å²) in [5.74, 6) is -1.05. The zero-order valence-electron chi connectivity index (χ0n) is 10.6. The second-order valence-corrected chi connectivity index (χ2v) is 6.08. The van der Waals surface area contributed by atoms with Crippen LogP contribution >= 0.6 is 23.2 Å². The van der Waals surface area contributed by atoms with Gasteiger partial charge in [0, 0.05) is 0 Å². The number of carbonyl (C=O) groups excluding carboxylic acids is 2. The summed E-state index contributed by atoms with van der Waals surface area (Å²) >= 11 is 11.7. The minimum atomic E-state index is -0.242. The fourth-order valence-corrected chi connectivity index (χ4v) is 3.57. The molecule has 1 aromatic rings. The summed E-state index contributed by atoms with van der Waals surface area (Å²) in [4.78, 5) is 26.0. The Labute approximate surface area is 126 Å². The Balaban J connectivity index is 2.02. The van der Waals surface area contributed by atoms with Gasteiger partial charge in [-0.15, -0.1) is 0 Å². The number of phenols is 1. The molecule has 2 amide bonds. The van der Waals surface area contributed by atoms with E-state index in [1.165, 1.54) is 12.1 Å².